The third kappa shape index (κ3) is 5.17. The summed E-state index contributed by atoms with van der Waals surface area (Å²) in [5.41, 5.74) is 1.08. The van der Waals surface area contributed by atoms with Crippen molar-refractivity contribution in [2.45, 2.75) is 11.6 Å². The minimum atomic E-state index is -0.399. The first-order valence-electron chi connectivity index (χ1n) is 9.92. The van der Waals surface area contributed by atoms with Crippen molar-refractivity contribution >= 4 is 29.0 Å². The molecule has 0 atom stereocenters. The molecule has 0 fully saturated rings. The zero-order valence-corrected chi connectivity index (χ0v) is 19.0. The van der Waals surface area contributed by atoms with Gasteiger partial charge < -0.3 is 10.1 Å². The third-order valence-electron chi connectivity index (χ3n) is 4.68. The van der Waals surface area contributed by atoms with E-state index in [0.29, 0.717) is 29.0 Å². The number of aromatic nitrogens is 3. The van der Waals surface area contributed by atoms with Gasteiger partial charge in [-0.1, -0.05) is 30.0 Å². The molecule has 2 aromatic carbocycles. The monoisotopic (exact) mass is 468 g/mol. The maximum absolute atomic E-state index is 14.7. The average molecular weight is 469 g/mol. The van der Waals surface area contributed by atoms with Crippen LogP contribution < -0.4 is 10.1 Å². The summed E-state index contributed by atoms with van der Waals surface area (Å²) in [5.74, 6) is 0.836. The Bertz CT molecular complexity index is 1180. The first-order valence-corrected chi connectivity index (χ1v) is 11.8. The SMILES string of the molecule is COc1ccc(-c2nnc(SCC(=O)NCCc3cccs3)n2-c2ccccc2F)cc1. The molecule has 0 radical (unpaired) electrons. The molecule has 164 valence electrons. The summed E-state index contributed by atoms with van der Waals surface area (Å²) in [7, 11) is 1.59. The van der Waals surface area contributed by atoms with Gasteiger partial charge in [0.05, 0.1) is 18.6 Å². The summed E-state index contributed by atoms with van der Waals surface area (Å²) in [6, 6.07) is 17.8. The first-order chi connectivity index (χ1) is 15.7. The number of hydrogen-bond acceptors (Lipinski definition) is 6. The standard InChI is InChI=1S/C23H21FN4O2S2/c1-30-17-10-8-16(9-11-17)22-26-27-23(28(22)20-7-3-2-6-19(20)24)32-15-21(29)25-13-12-18-5-4-14-31-18/h2-11,14H,12-13,15H2,1H3,(H,25,29). The number of benzene rings is 2. The van der Waals surface area contributed by atoms with E-state index in [0.717, 1.165) is 12.0 Å². The second kappa shape index (κ2) is 10.4. The zero-order valence-electron chi connectivity index (χ0n) is 17.3. The lowest BCUT2D eigenvalue weighted by Crippen LogP contribution is -2.27. The van der Waals surface area contributed by atoms with Crippen molar-refractivity contribution in [1.82, 2.24) is 20.1 Å². The van der Waals surface area contributed by atoms with Crippen molar-refractivity contribution in [2.24, 2.45) is 0 Å². The van der Waals surface area contributed by atoms with E-state index < -0.39 is 5.82 Å². The summed E-state index contributed by atoms with van der Waals surface area (Å²) in [4.78, 5) is 13.6. The van der Waals surface area contributed by atoms with E-state index in [4.69, 9.17) is 4.74 Å². The maximum atomic E-state index is 14.7. The van der Waals surface area contributed by atoms with Crippen LogP contribution in [0.1, 0.15) is 4.88 Å². The fourth-order valence-electron chi connectivity index (χ4n) is 3.10. The molecule has 0 unspecified atom stereocenters. The van der Waals surface area contributed by atoms with Crippen molar-refractivity contribution in [1.29, 1.82) is 0 Å². The molecule has 0 aliphatic carbocycles. The molecule has 9 heteroatoms. The Morgan fingerprint density at radius 2 is 1.94 bits per heavy atom. The van der Waals surface area contributed by atoms with Crippen molar-refractivity contribution in [3.63, 3.8) is 0 Å². The Labute approximate surface area is 193 Å². The van der Waals surface area contributed by atoms with Gasteiger partial charge in [-0.15, -0.1) is 21.5 Å². The van der Waals surface area contributed by atoms with Crippen LogP contribution in [-0.2, 0) is 11.2 Å². The molecule has 4 aromatic rings. The highest BCUT2D eigenvalue weighted by Crippen LogP contribution is 2.30. The van der Waals surface area contributed by atoms with E-state index in [1.54, 1.807) is 41.2 Å². The number of carbonyl (C=O) groups is 1. The van der Waals surface area contributed by atoms with Gasteiger partial charge in [0.15, 0.2) is 11.0 Å². The summed E-state index contributed by atoms with van der Waals surface area (Å²) < 4.78 is 21.5. The molecule has 4 rings (SSSR count). The van der Waals surface area contributed by atoms with Crippen LogP contribution >= 0.6 is 23.1 Å². The van der Waals surface area contributed by atoms with E-state index in [2.05, 4.69) is 15.5 Å². The Balaban J connectivity index is 1.53. The molecule has 2 heterocycles. The molecule has 0 saturated heterocycles. The van der Waals surface area contributed by atoms with E-state index in [9.17, 15) is 9.18 Å². The number of thioether (sulfide) groups is 1. The van der Waals surface area contributed by atoms with Crippen molar-refractivity contribution in [2.75, 3.05) is 19.4 Å². The minimum absolute atomic E-state index is 0.111. The van der Waals surface area contributed by atoms with Gasteiger partial charge in [0.1, 0.15) is 11.6 Å². The number of nitrogens with one attached hydrogen (secondary N) is 1. The molecular weight excluding hydrogens is 447 g/mol. The molecule has 1 N–H and O–H groups in total. The Morgan fingerprint density at radius 1 is 1.12 bits per heavy atom. The van der Waals surface area contributed by atoms with E-state index in [1.165, 1.54) is 22.7 Å². The minimum Gasteiger partial charge on any atom is -0.497 e. The van der Waals surface area contributed by atoms with E-state index in [1.807, 2.05) is 41.8 Å². The summed E-state index contributed by atoms with van der Waals surface area (Å²) in [6.45, 7) is 0.566. The van der Waals surface area contributed by atoms with Crippen LogP contribution in [0.15, 0.2) is 71.2 Å². The lowest BCUT2D eigenvalue weighted by atomic mass is 10.2. The van der Waals surface area contributed by atoms with Gasteiger partial charge >= 0.3 is 0 Å². The predicted octanol–water partition coefficient (Wildman–Crippen LogP) is 4.59. The number of methoxy groups -OCH3 is 1. The third-order valence-corrected chi connectivity index (χ3v) is 6.55. The molecule has 2 aromatic heterocycles. The Kier molecular flexibility index (Phi) is 7.18. The van der Waals surface area contributed by atoms with E-state index >= 15 is 0 Å². The molecule has 6 nitrogen and oxygen atoms in total. The number of hydrogen-bond donors (Lipinski definition) is 1. The van der Waals surface area contributed by atoms with Gasteiger partial charge in [0, 0.05) is 17.0 Å². The van der Waals surface area contributed by atoms with Gasteiger partial charge in [-0.2, -0.15) is 0 Å². The molecule has 0 spiro atoms. The Hall–Kier alpha value is -3.17. The summed E-state index contributed by atoms with van der Waals surface area (Å²) in [5, 5.41) is 13.9. The normalized spacial score (nSPS) is 10.8. The molecule has 32 heavy (non-hydrogen) atoms. The largest absolute Gasteiger partial charge is 0.497 e. The van der Waals surface area contributed by atoms with Gasteiger partial charge in [0.25, 0.3) is 0 Å². The van der Waals surface area contributed by atoms with Crippen LogP contribution in [0.2, 0.25) is 0 Å². The number of rotatable bonds is 9. The highest BCUT2D eigenvalue weighted by molar-refractivity contribution is 7.99. The van der Waals surface area contributed by atoms with Crippen molar-refractivity contribution in [3.05, 3.63) is 76.7 Å². The number of thiophene rings is 1. The lowest BCUT2D eigenvalue weighted by molar-refractivity contribution is -0.118. The zero-order chi connectivity index (χ0) is 22.3. The number of nitrogens with zero attached hydrogens (tertiary/aromatic N) is 3. The van der Waals surface area contributed by atoms with Crippen LogP contribution in [-0.4, -0.2) is 40.1 Å². The topological polar surface area (TPSA) is 69.0 Å². The summed E-state index contributed by atoms with van der Waals surface area (Å²) >= 11 is 2.89. The molecule has 0 saturated carbocycles. The number of amides is 1. The van der Waals surface area contributed by atoms with Gasteiger partial charge in [-0.3, -0.25) is 9.36 Å². The highest BCUT2D eigenvalue weighted by Gasteiger charge is 2.19. The highest BCUT2D eigenvalue weighted by atomic mass is 32.2. The molecular formula is C23H21FN4O2S2. The van der Waals surface area contributed by atoms with Gasteiger partial charge in [-0.25, -0.2) is 4.39 Å². The van der Waals surface area contributed by atoms with Gasteiger partial charge in [0.2, 0.25) is 5.91 Å². The fourth-order valence-corrected chi connectivity index (χ4v) is 4.59. The van der Waals surface area contributed by atoms with Crippen LogP contribution in [0.4, 0.5) is 4.39 Å². The Morgan fingerprint density at radius 3 is 2.66 bits per heavy atom. The molecule has 0 aliphatic heterocycles. The van der Waals surface area contributed by atoms with Crippen LogP contribution in [0.3, 0.4) is 0 Å². The second-order valence-electron chi connectivity index (χ2n) is 6.79. The molecule has 0 aliphatic rings. The van der Waals surface area contributed by atoms with Gasteiger partial charge in [-0.05, 0) is 54.3 Å². The number of carbonyl (C=O) groups excluding carboxylic acids is 1. The van der Waals surface area contributed by atoms with Crippen LogP contribution in [0.5, 0.6) is 5.75 Å². The quantitative estimate of drug-likeness (QED) is 0.364. The maximum Gasteiger partial charge on any atom is 0.230 e. The number of para-hydroxylation sites is 1. The second-order valence-corrected chi connectivity index (χ2v) is 8.76. The van der Waals surface area contributed by atoms with E-state index in [-0.39, 0.29) is 11.7 Å². The average Bonchev–Trinajstić information content (AvgIpc) is 3.48. The first kappa shape index (κ1) is 22.0. The lowest BCUT2D eigenvalue weighted by Gasteiger charge is -2.11. The fraction of sp³-hybridized carbons (Fsp3) is 0.174. The van der Waals surface area contributed by atoms with Crippen LogP contribution in [0.25, 0.3) is 17.1 Å². The number of halogens is 1. The summed E-state index contributed by atoms with van der Waals surface area (Å²) in [6.07, 6.45) is 0.793. The van der Waals surface area contributed by atoms with Crippen molar-refractivity contribution in [3.8, 4) is 22.8 Å². The van der Waals surface area contributed by atoms with Crippen molar-refractivity contribution < 1.29 is 13.9 Å². The van der Waals surface area contributed by atoms with Crippen LogP contribution in [0, 0.1) is 5.82 Å². The number of ether oxygens (including phenoxy) is 1. The molecule has 0 bridgehead atoms. The predicted molar refractivity (Wildman–Crippen MR) is 125 cm³/mol. The smallest absolute Gasteiger partial charge is 0.230 e. The molecule has 1 amide bonds.